The van der Waals surface area contributed by atoms with E-state index in [4.69, 9.17) is 18.0 Å². The highest BCUT2D eigenvalue weighted by Crippen LogP contribution is 2.16. The van der Waals surface area contributed by atoms with Crippen LogP contribution >= 0.6 is 12.2 Å². The molecule has 0 aliphatic rings. The van der Waals surface area contributed by atoms with Gasteiger partial charge >= 0.3 is 0 Å². The number of hydrogen-bond acceptors (Lipinski definition) is 2. The summed E-state index contributed by atoms with van der Waals surface area (Å²) >= 11 is 4.87. The first-order valence-electron chi connectivity index (χ1n) is 5.81. The number of aryl methyl sites for hydroxylation is 1. The van der Waals surface area contributed by atoms with Gasteiger partial charge in [0.05, 0.1) is 10.9 Å². The molecular formula is C13H17FN2OS. The first kappa shape index (κ1) is 14.6. The van der Waals surface area contributed by atoms with Crippen molar-refractivity contribution in [2.75, 3.05) is 5.32 Å². The van der Waals surface area contributed by atoms with Crippen LogP contribution in [0.4, 0.5) is 10.1 Å². The molecule has 0 fully saturated rings. The molecule has 1 unspecified atom stereocenters. The lowest BCUT2D eigenvalue weighted by Crippen LogP contribution is -2.33. The summed E-state index contributed by atoms with van der Waals surface area (Å²) in [5.74, 6) is -1.17. The normalized spacial score (nSPS) is 11.9. The molecule has 0 saturated heterocycles. The Labute approximate surface area is 112 Å². The number of rotatable bonds is 5. The third-order valence-electron chi connectivity index (χ3n) is 2.55. The SMILES string of the molecule is CCCC(C(=O)Nc1cc(C)cc(F)c1)C(N)=S. The smallest absolute Gasteiger partial charge is 0.234 e. The highest BCUT2D eigenvalue weighted by atomic mass is 32.1. The Morgan fingerprint density at radius 2 is 2.17 bits per heavy atom. The molecule has 5 heteroatoms. The Morgan fingerprint density at radius 1 is 1.50 bits per heavy atom. The number of thiocarbonyl (C=S) groups is 1. The average molecular weight is 268 g/mol. The minimum Gasteiger partial charge on any atom is -0.393 e. The zero-order chi connectivity index (χ0) is 13.7. The number of nitrogens with two attached hydrogens (primary N) is 1. The number of amides is 1. The van der Waals surface area contributed by atoms with Gasteiger partial charge in [-0.15, -0.1) is 0 Å². The fraction of sp³-hybridized carbons (Fsp3) is 0.385. The Kier molecular flexibility index (Phi) is 5.22. The van der Waals surface area contributed by atoms with Crippen LogP contribution in [0.2, 0.25) is 0 Å². The van der Waals surface area contributed by atoms with E-state index in [9.17, 15) is 9.18 Å². The van der Waals surface area contributed by atoms with Crippen LogP contribution in [0.5, 0.6) is 0 Å². The Hall–Kier alpha value is -1.49. The predicted octanol–water partition coefficient (Wildman–Crippen LogP) is 2.78. The molecule has 0 aliphatic carbocycles. The number of carbonyl (C=O) groups excluding carboxylic acids is 1. The van der Waals surface area contributed by atoms with Crippen molar-refractivity contribution in [1.82, 2.24) is 0 Å². The second-order valence-electron chi connectivity index (χ2n) is 4.25. The fourth-order valence-electron chi connectivity index (χ4n) is 1.73. The van der Waals surface area contributed by atoms with Crippen LogP contribution in [-0.4, -0.2) is 10.9 Å². The minimum absolute atomic E-state index is 0.169. The third kappa shape index (κ3) is 4.07. The molecule has 0 spiro atoms. The van der Waals surface area contributed by atoms with Gasteiger partial charge in [-0.2, -0.15) is 0 Å². The van der Waals surface area contributed by atoms with Gasteiger partial charge in [0, 0.05) is 5.69 Å². The lowest BCUT2D eigenvalue weighted by Gasteiger charge is -2.15. The third-order valence-corrected chi connectivity index (χ3v) is 2.83. The van der Waals surface area contributed by atoms with E-state index in [-0.39, 0.29) is 16.7 Å². The largest absolute Gasteiger partial charge is 0.393 e. The number of nitrogens with one attached hydrogen (secondary N) is 1. The number of halogens is 1. The van der Waals surface area contributed by atoms with E-state index in [1.54, 1.807) is 13.0 Å². The van der Waals surface area contributed by atoms with Gasteiger partial charge in [0.1, 0.15) is 5.82 Å². The van der Waals surface area contributed by atoms with E-state index < -0.39 is 5.92 Å². The molecule has 3 nitrogen and oxygen atoms in total. The van der Waals surface area contributed by atoms with Crippen molar-refractivity contribution in [1.29, 1.82) is 0 Å². The van der Waals surface area contributed by atoms with Gasteiger partial charge in [0.2, 0.25) is 5.91 Å². The molecular weight excluding hydrogens is 251 g/mol. The molecule has 0 saturated carbocycles. The number of hydrogen-bond donors (Lipinski definition) is 2. The highest BCUT2D eigenvalue weighted by Gasteiger charge is 2.20. The summed E-state index contributed by atoms with van der Waals surface area (Å²) in [7, 11) is 0. The van der Waals surface area contributed by atoms with Crippen LogP contribution in [-0.2, 0) is 4.79 Å². The van der Waals surface area contributed by atoms with Crippen molar-refractivity contribution in [3.8, 4) is 0 Å². The molecule has 18 heavy (non-hydrogen) atoms. The summed E-state index contributed by atoms with van der Waals surface area (Å²) in [5, 5.41) is 2.64. The minimum atomic E-state index is -0.506. The second kappa shape index (κ2) is 6.44. The van der Waals surface area contributed by atoms with Gasteiger partial charge in [-0.25, -0.2) is 4.39 Å². The van der Waals surface area contributed by atoms with Crippen LogP contribution in [0.3, 0.4) is 0 Å². The summed E-state index contributed by atoms with van der Waals surface area (Å²) < 4.78 is 13.2. The lowest BCUT2D eigenvalue weighted by molar-refractivity contribution is -0.118. The Morgan fingerprint density at radius 3 is 2.67 bits per heavy atom. The van der Waals surface area contributed by atoms with Crippen molar-refractivity contribution in [3.63, 3.8) is 0 Å². The van der Waals surface area contributed by atoms with Crippen molar-refractivity contribution in [2.24, 2.45) is 11.7 Å². The van der Waals surface area contributed by atoms with Crippen molar-refractivity contribution in [3.05, 3.63) is 29.6 Å². The summed E-state index contributed by atoms with van der Waals surface area (Å²) in [6.45, 7) is 3.71. The van der Waals surface area contributed by atoms with Gasteiger partial charge in [-0.1, -0.05) is 25.6 Å². The zero-order valence-corrected chi connectivity index (χ0v) is 11.3. The summed E-state index contributed by atoms with van der Waals surface area (Å²) in [5.41, 5.74) is 6.70. The summed E-state index contributed by atoms with van der Waals surface area (Å²) in [6.07, 6.45) is 1.40. The highest BCUT2D eigenvalue weighted by molar-refractivity contribution is 7.80. The van der Waals surface area contributed by atoms with E-state index in [1.807, 2.05) is 6.92 Å². The maximum Gasteiger partial charge on any atom is 0.234 e. The molecule has 1 atom stereocenters. The predicted molar refractivity (Wildman–Crippen MR) is 75.0 cm³/mol. The number of carbonyl (C=O) groups is 1. The van der Waals surface area contributed by atoms with Gasteiger partial charge in [-0.3, -0.25) is 4.79 Å². The van der Waals surface area contributed by atoms with Crippen LogP contribution < -0.4 is 11.1 Å². The quantitative estimate of drug-likeness (QED) is 0.807. The topological polar surface area (TPSA) is 55.1 Å². The molecule has 1 aromatic rings. The Balaban J connectivity index is 2.82. The molecule has 0 heterocycles. The standard InChI is InChI=1S/C13H17FN2OS/c1-3-4-11(12(15)18)13(17)16-10-6-8(2)5-9(14)7-10/h5-7,11H,3-4H2,1-2H3,(H2,15,18)(H,16,17). The van der Waals surface area contributed by atoms with Gasteiger partial charge < -0.3 is 11.1 Å². The zero-order valence-electron chi connectivity index (χ0n) is 10.5. The molecule has 1 amide bonds. The first-order valence-corrected chi connectivity index (χ1v) is 6.22. The lowest BCUT2D eigenvalue weighted by atomic mass is 10.0. The average Bonchev–Trinajstić information content (AvgIpc) is 2.23. The Bertz CT molecular complexity index is 442. The van der Waals surface area contributed by atoms with Gasteiger partial charge in [0.15, 0.2) is 0 Å². The van der Waals surface area contributed by atoms with Crippen LogP contribution in [0, 0.1) is 18.7 Å². The molecule has 98 valence electrons. The summed E-state index contributed by atoms with van der Waals surface area (Å²) in [4.78, 5) is 12.1. The summed E-state index contributed by atoms with van der Waals surface area (Å²) in [6, 6.07) is 4.36. The van der Waals surface area contributed by atoms with E-state index >= 15 is 0 Å². The van der Waals surface area contributed by atoms with Crippen molar-refractivity contribution >= 4 is 28.8 Å². The number of anilines is 1. The number of benzene rings is 1. The van der Waals surface area contributed by atoms with E-state index in [2.05, 4.69) is 5.32 Å². The second-order valence-corrected chi connectivity index (χ2v) is 4.72. The maximum atomic E-state index is 13.2. The fourth-order valence-corrected chi connectivity index (χ4v) is 1.95. The molecule has 3 N–H and O–H groups in total. The van der Waals surface area contributed by atoms with E-state index in [0.717, 1.165) is 12.0 Å². The monoisotopic (exact) mass is 268 g/mol. The van der Waals surface area contributed by atoms with Crippen molar-refractivity contribution < 1.29 is 9.18 Å². The molecule has 0 bridgehead atoms. The van der Waals surface area contributed by atoms with E-state index in [1.165, 1.54) is 12.1 Å². The molecule has 0 aliphatic heterocycles. The van der Waals surface area contributed by atoms with Crippen LogP contribution in [0.15, 0.2) is 18.2 Å². The van der Waals surface area contributed by atoms with Crippen LogP contribution in [0.25, 0.3) is 0 Å². The first-order chi connectivity index (χ1) is 8.43. The molecule has 1 aromatic carbocycles. The van der Waals surface area contributed by atoms with Crippen LogP contribution in [0.1, 0.15) is 25.3 Å². The van der Waals surface area contributed by atoms with E-state index in [0.29, 0.717) is 12.1 Å². The van der Waals surface area contributed by atoms with Gasteiger partial charge in [-0.05, 0) is 37.1 Å². The van der Waals surface area contributed by atoms with Crippen molar-refractivity contribution in [2.45, 2.75) is 26.7 Å². The maximum absolute atomic E-state index is 13.2. The molecule has 0 aromatic heterocycles. The molecule has 0 radical (unpaired) electrons. The molecule has 1 rings (SSSR count). The van der Waals surface area contributed by atoms with Gasteiger partial charge in [0.25, 0.3) is 0 Å².